The highest BCUT2D eigenvalue weighted by atomic mass is 32.2. The Labute approximate surface area is 120 Å². The lowest BCUT2D eigenvalue weighted by molar-refractivity contribution is 0.403. The summed E-state index contributed by atoms with van der Waals surface area (Å²) in [5.41, 5.74) is 7.38. The molecule has 0 amide bonds. The van der Waals surface area contributed by atoms with Crippen molar-refractivity contribution in [2.45, 2.75) is 56.9 Å². The Balaban J connectivity index is 1.94. The molecule has 1 aromatic heterocycles. The van der Waals surface area contributed by atoms with Crippen molar-refractivity contribution < 1.29 is 4.74 Å². The summed E-state index contributed by atoms with van der Waals surface area (Å²) in [6, 6.07) is 0.00401. The Kier molecular flexibility index (Phi) is 5.58. The van der Waals surface area contributed by atoms with E-state index in [2.05, 4.69) is 12.0 Å². The summed E-state index contributed by atoms with van der Waals surface area (Å²) < 4.78 is 7.32. The fourth-order valence-corrected chi connectivity index (χ4v) is 4.02. The molecule has 1 aromatic rings. The Morgan fingerprint density at radius 2 is 2.21 bits per heavy atom. The monoisotopic (exact) mass is 283 g/mol. The van der Waals surface area contributed by atoms with Crippen molar-refractivity contribution in [1.82, 2.24) is 9.78 Å². The molecule has 0 spiro atoms. The van der Waals surface area contributed by atoms with E-state index in [1.807, 2.05) is 16.4 Å². The number of aromatic nitrogens is 2. The average molecular weight is 283 g/mol. The number of ether oxygens (including phenoxy) is 1. The van der Waals surface area contributed by atoms with E-state index in [4.69, 9.17) is 10.5 Å². The summed E-state index contributed by atoms with van der Waals surface area (Å²) in [6.45, 7) is 2.91. The van der Waals surface area contributed by atoms with Gasteiger partial charge in [-0.25, -0.2) is 0 Å². The van der Waals surface area contributed by atoms with Crippen molar-refractivity contribution in [3.05, 3.63) is 11.9 Å². The molecular weight excluding hydrogens is 258 g/mol. The SMILES string of the molecule is CCn1ncc(OC)c1C(N)CSC1CCCCC1. The molecule has 2 N–H and O–H groups in total. The minimum absolute atomic E-state index is 0.00401. The maximum atomic E-state index is 6.35. The van der Waals surface area contributed by atoms with E-state index in [9.17, 15) is 0 Å². The van der Waals surface area contributed by atoms with Crippen LogP contribution in [0.25, 0.3) is 0 Å². The fraction of sp³-hybridized carbons (Fsp3) is 0.786. The third kappa shape index (κ3) is 3.66. The lowest BCUT2D eigenvalue weighted by Crippen LogP contribution is -2.21. The van der Waals surface area contributed by atoms with E-state index < -0.39 is 0 Å². The molecule has 4 nitrogen and oxygen atoms in total. The van der Waals surface area contributed by atoms with Crippen molar-refractivity contribution in [2.24, 2.45) is 5.73 Å². The van der Waals surface area contributed by atoms with Crippen LogP contribution in [0.15, 0.2) is 6.20 Å². The lowest BCUT2D eigenvalue weighted by atomic mass is 10.0. The minimum Gasteiger partial charge on any atom is -0.493 e. The van der Waals surface area contributed by atoms with Gasteiger partial charge in [0.1, 0.15) is 0 Å². The number of nitrogens with two attached hydrogens (primary N) is 1. The highest BCUT2D eigenvalue weighted by Crippen LogP contribution is 2.32. The third-order valence-corrected chi connectivity index (χ3v) is 5.27. The second kappa shape index (κ2) is 7.20. The quantitative estimate of drug-likeness (QED) is 0.872. The first kappa shape index (κ1) is 14.7. The van der Waals surface area contributed by atoms with Gasteiger partial charge in [-0.1, -0.05) is 19.3 Å². The Hall–Kier alpha value is -0.680. The molecule has 1 aliphatic carbocycles. The van der Waals surface area contributed by atoms with Crippen LogP contribution in [0.2, 0.25) is 0 Å². The molecule has 0 saturated heterocycles. The number of rotatable bonds is 6. The molecule has 1 aliphatic rings. The first-order chi connectivity index (χ1) is 9.26. The molecule has 0 aliphatic heterocycles. The van der Waals surface area contributed by atoms with Crippen molar-refractivity contribution in [3.63, 3.8) is 0 Å². The molecule has 1 unspecified atom stereocenters. The molecule has 5 heteroatoms. The number of aryl methyl sites for hydroxylation is 1. The van der Waals surface area contributed by atoms with Crippen LogP contribution in [-0.4, -0.2) is 27.9 Å². The molecule has 1 heterocycles. The van der Waals surface area contributed by atoms with E-state index in [0.29, 0.717) is 0 Å². The average Bonchev–Trinajstić information content (AvgIpc) is 2.89. The van der Waals surface area contributed by atoms with Gasteiger partial charge < -0.3 is 10.5 Å². The Morgan fingerprint density at radius 3 is 2.84 bits per heavy atom. The number of thioether (sulfide) groups is 1. The van der Waals surface area contributed by atoms with Gasteiger partial charge in [-0.2, -0.15) is 16.9 Å². The Morgan fingerprint density at radius 1 is 1.47 bits per heavy atom. The van der Waals surface area contributed by atoms with Crippen LogP contribution < -0.4 is 10.5 Å². The van der Waals surface area contributed by atoms with E-state index >= 15 is 0 Å². The van der Waals surface area contributed by atoms with Gasteiger partial charge in [0, 0.05) is 17.5 Å². The predicted octanol–water partition coefficient (Wildman–Crippen LogP) is 2.98. The van der Waals surface area contributed by atoms with Gasteiger partial charge in [0.25, 0.3) is 0 Å². The summed E-state index contributed by atoms with van der Waals surface area (Å²) in [5, 5.41) is 5.12. The first-order valence-corrected chi connectivity index (χ1v) is 8.28. The van der Waals surface area contributed by atoms with Gasteiger partial charge in [-0.05, 0) is 19.8 Å². The number of hydrogen-bond donors (Lipinski definition) is 1. The lowest BCUT2D eigenvalue weighted by Gasteiger charge is -2.23. The van der Waals surface area contributed by atoms with Gasteiger partial charge >= 0.3 is 0 Å². The zero-order valence-electron chi connectivity index (χ0n) is 12.0. The molecular formula is C14H25N3OS. The van der Waals surface area contributed by atoms with E-state index in [1.54, 1.807) is 13.3 Å². The van der Waals surface area contributed by atoms with E-state index in [0.717, 1.165) is 29.0 Å². The van der Waals surface area contributed by atoms with Gasteiger partial charge in [-0.15, -0.1) is 0 Å². The molecule has 0 aromatic carbocycles. The Bertz CT molecular complexity index is 367. The zero-order valence-corrected chi connectivity index (χ0v) is 12.8. The molecule has 0 radical (unpaired) electrons. The molecule has 2 rings (SSSR count). The summed E-state index contributed by atoms with van der Waals surface area (Å²) >= 11 is 2.02. The summed E-state index contributed by atoms with van der Waals surface area (Å²) in [6.07, 6.45) is 8.62. The summed E-state index contributed by atoms with van der Waals surface area (Å²) in [4.78, 5) is 0. The number of hydrogen-bond acceptors (Lipinski definition) is 4. The highest BCUT2D eigenvalue weighted by Gasteiger charge is 2.21. The van der Waals surface area contributed by atoms with Gasteiger partial charge in [-0.3, -0.25) is 4.68 Å². The van der Waals surface area contributed by atoms with Crippen molar-refractivity contribution >= 4 is 11.8 Å². The zero-order chi connectivity index (χ0) is 13.7. The smallest absolute Gasteiger partial charge is 0.161 e. The molecule has 0 bridgehead atoms. The minimum atomic E-state index is 0.00401. The maximum Gasteiger partial charge on any atom is 0.161 e. The van der Waals surface area contributed by atoms with Crippen LogP contribution in [-0.2, 0) is 6.54 Å². The predicted molar refractivity (Wildman–Crippen MR) is 80.7 cm³/mol. The normalized spacial score (nSPS) is 18.5. The molecule has 1 atom stereocenters. The van der Waals surface area contributed by atoms with Gasteiger partial charge in [0.05, 0.1) is 25.0 Å². The topological polar surface area (TPSA) is 53.1 Å². The van der Waals surface area contributed by atoms with Crippen molar-refractivity contribution in [1.29, 1.82) is 0 Å². The van der Waals surface area contributed by atoms with E-state index in [-0.39, 0.29) is 6.04 Å². The van der Waals surface area contributed by atoms with Crippen LogP contribution in [0.1, 0.15) is 50.8 Å². The molecule has 1 fully saturated rings. The molecule has 108 valence electrons. The van der Waals surface area contributed by atoms with Crippen LogP contribution in [0.3, 0.4) is 0 Å². The fourth-order valence-electron chi connectivity index (χ4n) is 2.71. The van der Waals surface area contributed by atoms with Crippen LogP contribution >= 0.6 is 11.8 Å². The molecule has 19 heavy (non-hydrogen) atoms. The van der Waals surface area contributed by atoms with Crippen LogP contribution in [0, 0.1) is 0 Å². The molecule has 1 saturated carbocycles. The van der Waals surface area contributed by atoms with E-state index in [1.165, 1.54) is 32.1 Å². The number of nitrogens with zero attached hydrogens (tertiary/aromatic N) is 2. The van der Waals surface area contributed by atoms with Crippen LogP contribution in [0.5, 0.6) is 5.75 Å². The summed E-state index contributed by atoms with van der Waals surface area (Å²) in [5.74, 6) is 1.77. The van der Waals surface area contributed by atoms with Gasteiger partial charge in [0.15, 0.2) is 5.75 Å². The maximum absolute atomic E-state index is 6.35. The number of methoxy groups -OCH3 is 1. The second-order valence-corrected chi connectivity index (χ2v) is 6.45. The third-order valence-electron chi connectivity index (χ3n) is 3.78. The van der Waals surface area contributed by atoms with Gasteiger partial charge in [0.2, 0.25) is 0 Å². The van der Waals surface area contributed by atoms with Crippen molar-refractivity contribution in [3.8, 4) is 5.75 Å². The second-order valence-electron chi connectivity index (χ2n) is 5.11. The van der Waals surface area contributed by atoms with Crippen molar-refractivity contribution in [2.75, 3.05) is 12.9 Å². The summed E-state index contributed by atoms with van der Waals surface area (Å²) in [7, 11) is 1.68. The highest BCUT2D eigenvalue weighted by molar-refractivity contribution is 7.99. The van der Waals surface area contributed by atoms with Crippen LogP contribution in [0.4, 0.5) is 0 Å². The largest absolute Gasteiger partial charge is 0.493 e. The first-order valence-electron chi connectivity index (χ1n) is 7.23. The standard InChI is InChI=1S/C14H25N3OS/c1-3-17-14(13(18-2)9-16-17)12(15)10-19-11-7-5-4-6-8-11/h9,11-12H,3-8,10,15H2,1-2H3.